The van der Waals surface area contributed by atoms with E-state index in [0.717, 1.165) is 12.1 Å². The van der Waals surface area contributed by atoms with Gasteiger partial charge in [-0.15, -0.1) is 0 Å². The zero-order valence-corrected chi connectivity index (χ0v) is 12.4. The van der Waals surface area contributed by atoms with E-state index in [0.29, 0.717) is 16.0 Å². The zero-order chi connectivity index (χ0) is 15.6. The Hall–Kier alpha value is -1.96. The Kier molecular flexibility index (Phi) is 4.26. The Labute approximate surface area is 127 Å². The van der Waals surface area contributed by atoms with Crippen LogP contribution in [0.3, 0.4) is 0 Å². The van der Waals surface area contributed by atoms with E-state index in [1.807, 2.05) is 0 Å². The predicted molar refractivity (Wildman–Crippen MR) is 77.6 cm³/mol. The number of pyridine rings is 1. The monoisotopic (exact) mass is 361 g/mol. The molecule has 0 amide bonds. The average Bonchev–Trinajstić information content (AvgIpc) is 2.42. The average molecular weight is 362 g/mol. The van der Waals surface area contributed by atoms with Crippen LogP contribution in [0, 0.1) is 0 Å². The van der Waals surface area contributed by atoms with Crippen molar-refractivity contribution in [2.45, 2.75) is 6.18 Å². The van der Waals surface area contributed by atoms with E-state index in [4.69, 9.17) is 10.5 Å². The Bertz CT molecular complexity index is 662. The van der Waals surface area contributed by atoms with Crippen LogP contribution in [0.25, 0.3) is 0 Å². The Morgan fingerprint density at radius 1 is 1.24 bits per heavy atom. The normalized spacial score (nSPS) is 11.3. The quantitative estimate of drug-likeness (QED) is 0.859. The molecule has 3 N–H and O–H groups in total. The molecule has 0 atom stereocenters. The van der Waals surface area contributed by atoms with Crippen LogP contribution in [0.4, 0.5) is 30.4 Å². The number of benzene rings is 1. The van der Waals surface area contributed by atoms with E-state index in [1.54, 1.807) is 12.1 Å². The number of aromatic nitrogens is 1. The molecule has 1 aromatic carbocycles. The van der Waals surface area contributed by atoms with Crippen molar-refractivity contribution in [1.82, 2.24) is 4.98 Å². The van der Waals surface area contributed by atoms with Gasteiger partial charge in [-0.2, -0.15) is 18.2 Å². The third-order valence-corrected chi connectivity index (χ3v) is 3.33. The predicted octanol–water partition coefficient (Wildman–Crippen LogP) is 4.20. The second-order valence-corrected chi connectivity index (χ2v) is 4.97. The molecule has 2 aromatic rings. The summed E-state index contributed by atoms with van der Waals surface area (Å²) in [5.41, 5.74) is 5.46. The maximum atomic E-state index is 12.7. The fraction of sp³-hybridized carbons (Fsp3) is 0.154. The SMILES string of the molecule is COc1nc(Nc2cc(C(F)(F)F)ccc2Br)ccc1N. The highest BCUT2D eigenvalue weighted by atomic mass is 79.9. The number of nitrogens with one attached hydrogen (secondary N) is 1. The van der Waals surface area contributed by atoms with Crippen LogP contribution < -0.4 is 15.8 Å². The van der Waals surface area contributed by atoms with Gasteiger partial charge >= 0.3 is 6.18 Å². The molecule has 0 aliphatic heterocycles. The van der Waals surface area contributed by atoms with E-state index in [9.17, 15) is 13.2 Å². The summed E-state index contributed by atoms with van der Waals surface area (Å²) in [5.74, 6) is 0.518. The van der Waals surface area contributed by atoms with Crippen LogP contribution in [-0.4, -0.2) is 12.1 Å². The highest BCUT2D eigenvalue weighted by Gasteiger charge is 2.30. The van der Waals surface area contributed by atoms with Gasteiger partial charge in [0.1, 0.15) is 5.82 Å². The van der Waals surface area contributed by atoms with E-state index in [1.165, 1.54) is 13.2 Å². The van der Waals surface area contributed by atoms with E-state index < -0.39 is 11.7 Å². The summed E-state index contributed by atoms with van der Waals surface area (Å²) in [6.45, 7) is 0. The third-order valence-electron chi connectivity index (χ3n) is 2.64. The molecule has 112 valence electrons. The first-order chi connectivity index (χ1) is 9.81. The number of nitrogen functional groups attached to an aromatic ring is 1. The lowest BCUT2D eigenvalue weighted by Crippen LogP contribution is -2.06. The summed E-state index contributed by atoms with van der Waals surface area (Å²) < 4.78 is 43.6. The van der Waals surface area contributed by atoms with Gasteiger partial charge in [0.15, 0.2) is 0 Å². The van der Waals surface area contributed by atoms with Gasteiger partial charge in [0.25, 0.3) is 0 Å². The van der Waals surface area contributed by atoms with Crippen LogP contribution in [0.5, 0.6) is 5.88 Å². The number of anilines is 3. The van der Waals surface area contributed by atoms with Gasteiger partial charge in [0.05, 0.1) is 24.0 Å². The minimum Gasteiger partial charge on any atom is -0.479 e. The fourth-order valence-corrected chi connectivity index (χ4v) is 1.97. The number of rotatable bonds is 3. The summed E-state index contributed by atoms with van der Waals surface area (Å²) >= 11 is 3.19. The molecular formula is C13H11BrF3N3O. The lowest BCUT2D eigenvalue weighted by molar-refractivity contribution is -0.137. The van der Waals surface area contributed by atoms with Crippen molar-refractivity contribution in [2.75, 3.05) is 18.2 Å². The zero-order valence-electron chi connectivity index (χ0n) is 10.8. The molecule has 0 aliphatic rings. The highest BCUT2D eigenvalue weighted by molar-refractivity contribution is 9.10. The lowest BCUT2D eigenvalue weighted by Gasteiger charge is -2.13. The molecule has 8 heteroatoms. The van der Waals surface area contributed by atoms with E-state index in [-0.39, 0.29) is 11.6 Å². The van der Waals surface area contributed by atoms with E-state index in [2.05, 4.69) is 26.2 Å². The van der Waals surface area contributed by atoms with Gasteiger partial charge in [-0.1, -0.05) is 0 Å². The molecule has 2 rings (SSSR count). The topological polar surface area (TPSA) is 60.2 Å². The molecule has 1 heterocycles. The highest BCUT2D eigenvalue weighted by Crippen LogP contribution is 2.35. The number of hydrogen-bond acceptors (Lipinski definition) is 4. The standard InChI is InChI=1S/C13H11BrF3N3O/c1-21-12-9(18)4-5-11(20-12)19-10-6-7(13(15,16)17)2-3-8(10)14/h2-6H,18H2,1H3,(H,19,20). The van der Waals surface area contributed by atoms with Gasteiger partial charge in [-0.05, 0) is 46.3 Å². The van der Waals surface area contributed by atoms with Crippen molar-refractivity contribution in [3.63, 3.8) is 0 Å². The van der Waals surface area contributed by atoms with Crippen molar-refractivity contribution >= 4 is 33.1 Å². The van der Waals surface area contributed by atoms with Gasteiger partial charge in [-0.3, -0.25) is 0 Å². The number of nitrogens with two attached hydrogens (primary N) is 1. The maximum absolute atomic E-state index is 12.7. The molecule has 0 aliphatic carbocycles. The molecule has 0 spiro atoms. The number of hydrogen-bond donors (Lipinski definition) is 2. The summed E-state index contributed by atoms with van der Waals surface area (Å²) in [7, 11) is 1.41. The first-order valence-electron chi connectivity index (χ1n) is 5.75. The van der Waals surface area contributed by atoms with Crippen molar-refractivity contribution in [2.24, 2.45) is 0 Å². The summed E-state index contributed by atoms with van der Waals surface area (Å²) in [6.07, 6.45) is -4.41. The van der Waals surface area contributed by atoms with Gasteiger partial charge < -0.3 is 15.8 Å². The smallest absolute Gasteiger partial charge is 0.416 e. The first kappa shape index (κ1) is 15.4. The number of halogens is 4. The molecule has 4 nitrogen and oxygen atoms in total. The van der Waals surface area contributed by atoms with Gasteiger partial charge in [-0.25, -0.2) is 0 Å². The Morgan fingerprint density at radius 2 is 1.95 bits per heavy atom. The molecule has 0 radical (unpaired) electrons. The minimum atomic E-state index is -4.41. The molecule has 21 heavy (non-hydrogen) atoms. The summed E-state index contributed by atoms with van der Waals surface area (Å²) in [6, 6.07) is 6.40. The summed E-state index contributed by atoms with van der Waals surface area (Å²) in [4.78, 5) is 4.06. The van der Waals surface area contributed by atoms with Crippen molar-refractivity contribution < 1.29 is 17.9 Å². The van der Waals surface area contributed by atoms with Gasteiger partial charge in [0, 0.05) is 4.47 Å². The third kappa shape index (κ3) is 3.57. The Balaban J connectivity index is 2.35. The van der Waals surface area contributed by atoms with Crippen LogP contribution in [0.15, 0.2) is 34.8 Å². The molecular weight excluding hydrogens is 351 g/mol. The van der Waals surface area contributed by atoms with Crippen molar-refractivity contribution in [1.29, 1.82) is 0 Å². The molecule has 0 fully saturated rings. The molecule has 0 bridgehead atoms. The minimum absolute atomic E-state index is 0.197. The second kappa shape index (κ2) is 5.80. The number of ether oxygens (including phenoxy) is 1. The van der Waals surface area contributed by atoms with Gasteiger partial charge in [0.2, 0.25) is 5.88 Å². The maximum Gasteiger partial charge on any atom is 0.416 e. The van der Waals surface area contributed by atoms with Crippen LogP contribution in [0.1, 0.15) is 5.56 Å². The lowest BCUT2D eigenvalue weighted by atomic mass is 10.2. The van der Waals surface area contributed by atoms with Crippen LogP contribution in [-0.2, 0) is 6.18 Å². The second-order valence-electron chi connectivity index (χ2n) is 4.11. The molecule has 0 saturated heterocycles. The molecule has 1 aromatic heterocycles. The van der Waals surface area contributed by atoms with Crippen molar-refractivity contribution in [3.05, 3.63) is 40.4 Å². The number of methoxy groups -OCH3 is 1. The van der Waals surface area contributed by atoms with Crippen LogP contribution in [0.2, 0.25) is 0 Å². The first-order valence-corrected chi connectivity index (χ1v) is 6.55. The number of alkyl halides is 3. The number of nitrogens with zero attached hydrogens (tertiary/aromatic N) is 1. The van der Waals surface area contributed by atoms with E-state index >= 15 is 0 Å². The molecule has 0 saturated carbocycles. The summed E-state index contributed by atoms with van der Waals surface area (Å²) in [5, 5.41) is 2.79. The van der Waals surface area contributed by atoms with Crippen LogP contribution >= 0.6 is 15.9 Å². The van der Waals surface area contributed by atoms with Crippen molar-refractivity contribution in [3.8, 4) is 5.88 Å². The Morgan fingerprint density at radius 3 is 2.57 bits per heavy atom. The largest absolute Gasteiger partial charge is 0.479 e. The molecule has 0 unspecified atom stereocenters. The fourth-order valence-electron chi connectivity index (χ4n) is 1.62.